The fourth-order valence-electron chi connectivity index (χ4n) is 2.48. The van der Waals surface area contributed by atoms with Crippen LogP contribution in [0.4, 0.5) is 0 Å². The van der Waals surface area contributed by atoms with Gasteiger partial charge in [-0.25, -0.2) is 4.68 Å². The number of hydrogen-bond acceptors (Lipinski definition) is 3. The van der Waals surface area contributed by atoms with Crippen molar-refractivity contribution in [3.63, 3.8) is 0 Å². The molecule has 2 aromatic rings. The predicted octanol–water partition coefficient (Wildman–Crippen LogP) is 3.88. The monoisotopic (exact) mass is 303 g/mol. The van der Waals surface area contributed by atoms with Gasteiger partial charge in [-0.2, -0.15) is 16.9 Å². The van der Waals surface area contributed by atoms with E-state index in [4.69, 9.17) is 0 Å². The molecule has 1 heterocycles. The summed E-state index contributed by atoms with van der Waals surface area (Å²) >= 11 is 1.98. The van der Waals surface area contributed by atoms with Crippen LogP contribution < -0.4 is 5.32 Å². The number of aromatic nitrogens is 2. The number of nitrogens with one attached hydrogen (secondary N) is 1. The van der Waals surface area contributed by atoms with Crippen molar-refractivity contribution in [3.05, 3.63) is 48.3 Å². The normalized spacial score (nSPS) is 11.8. The van der Waals surface area contributed by atoms with Gasteiger partial charge in [0.25, 0.3) is 0 Å². The largest absolute Gasteiger partial charge is 0.311 e. The quantitative estimate of drug-likeness (QED) is 0.802. The Morgan fingerprint density at radius 2 is 1.90 bits per heavy atom. The Morgan fingerprint density at radius 3 is 2.43 bits per heavy atom. The second-order valence-corrected chi connectivity index (χ2v) is 6.59. The van der Waals surface area contributed by atoms with Crippen molar-refractivity contribution in [2.24, 2.45) is 0 Å². The van der Waals surface area contributed by atoms with Crippen molar-refractivity contribution < 1.29 is 0 Å². The van der Waals surface area contributed by atoms with Gasteiger partial charge in [0.05, 0.1) is 5.69 Å². The van der Waals surface area contributed by atoms with Gasteiger partial charge in [0.15, 0.2) is 0 Å². The molecule has 4 heteroatoms. The molecule has 1 N–H and O–H groups in total. The van der Waals surface area contributed by atoms with E-state index in [1.54, 1.807) is 6.20 Å². The summed E-state index contributed by atoms with van der Waals surface area (Å²) in [6, 6.07) is 10.5. The summed E-state index contributed by atoms with van der Waals surface area (Å²) in [5, 5.41) is 7.85. The number of benzene rings is 1. The molecule has 0 spiro atoms. The lowest BCUT2D eigenvalue weighted by atomic mass is 10.0. The van der Waals surface area contributed by atoms with E-state index in [2.05, 4.69) is 54.8 Å². The van der Waals surface area contributed by atoms with E-state index in [-0.39, 0.29) is 0 Å². The SMILES string of the molecule is CCC(CC)(CNCc1ccc(-n2cccn2)cc1)SC. The Kier molecular flexibility index (Phi) is 5.88. The third-order valence-electron chi connectivity index (χ3n) is 4.20. The van der Waals surface area contributed by atoms with Crippen LogP contribution in [0.1, 0.15) is 32.3 Å². The maximum absolute atomic E-state index is 4.24. The second-order valence-electron chi connectivity index (χ2n) is 5.31. The average Bonchev–Trinajstić information content (AvgIpc) is 3.07. The molecular weight excluding hydrogens is 278 g/mol. The highest BCUT2D eigenvalue weighted by molar-refractivity contribution is 8.00. The molecule has 0 fully saturated rings. The van der Waals surface area contributed by atoms with Gasteiger partial charge in [-0.15, -0.1) is 0 Å². The summed E-state index contributed by atoms with van der Waals surface area (Å²) < 4.78 is 2.25. The van der Waals surface area contributed by atoms with Crippen molar-refractivity contribution in [1.29, 1.82) is 0 Å². The number of thioether (sulfide) groups is 1. The Morgan fingerprint density at radius 1 is 1.19 bits per heavy atom. The molecule has 0 amide bonds. The van der Waals surface area contributed by atoms with E-state index in [9.17, 15) is 0 Å². The maximum atomic E-state index is 4.24. The van der Waals surface area contributed by atoms with Crippen molar-refractivity contribution >= 4 is 11.8 Å². The Labute approximate surface area is 132 Å². The molecule has 0 aliphatic rings. The lowest BCUT2D eigenvalue weighted by molar-refractivity contribution is 0.495. The lowest BCUT2D eigenvalue weighted by Crippen LogP contribution is -2.36. The standard InChI is InChI=1S/C17H25N3S/c1-4-17(5-2,21-3)14-18-13-15-7-9-16(10-8-15)20-12-6-11-19-20/h6-12,18H,4-5,13-14H2,1-3H3. The topological polar surface area (TPSA) is 29.9 Å². The molecule has 0 saturated carbocycles. The first-order valence-electron chi connectivity index (χ1n) is 7.58. The van der Waals surface area contributed by atoms with Crippen molar-refractivity contribution in [2.75, 3.05) is 12.8 Å². The first-order valence-corrected chi connectivity index (χ1v) is 8.80. The molecule has 0 atom stereocenters. The fraction of sp³-hybridized carbons (Fsp3) is 0.471. The van der Waals surface area contributed by atoms with Gasteiger partial charge in [-0.05, 0) is 42.9 Å². The van der Waals surface area contributed by atoms with Crippen LogP contribution in [0.25, 0.3) is 5.69 Å². The minimum Gasteiger partial charge on any atom is -0.311 e. The Balaban J connectivity index is 1.89. The van der Waals surface area contributed by atoms with Crippen LogP contribution in [0.5, 0.6) is 0 Å². The highest BCUT2D eigenvalue weighted by Gasteiger charge is 2.23. The van der Waals surface area contributed by atoms with Gasteiger partial charge in [-0.3, -0.25) is 0 Å². The van der Waals surface area contributed by atoms with E-state index in [0.717, 1.165) is 18.8 Å². The molecule has 0 aliphatic carbocycles. The van der Waals surface area contributed by atoms with Gasteiger partial charge in [-0.1, -0.05) is 26.0 Å². The number of nitrogens with zero attached hydrogens (tertiary/aromatic N) is 2. The molecule has 3 nitrogen and oxygen atoms in total. The summed E-state index contributed by atoms with van der Waals surface area (Å²) in [7, 11) is 0. The summed E-state index contributed by atoms with van der Waals surface area (Å²) in [6.07, 6.45) is 8.38. The van der Waals surface area contributed by atoms with Crippen LogP contribution in [-0.4, -0.2) is 27.3 Å². The van der Waals surface area contributed by atoms with E-state index in [1.807, 2.05) is 28.7 Å². The van der Waals surface area contributed by atoms with Gasteiger partial charge < -0.3 is 5.32 Å². The molecule has 0 aliphatic heterocycles. The molecule has 2 rings (SSSR count). The first-order chi connectivity index (χ1) is 10.2. The van der Waals surface area contributed by atoms with Gasteiger partial charge in [0.2, 0.25) is 0 Å². The summed E-state index contributed by atoms with van der Waals surface area (Å²) in [5.41, 5.74) is 2.41. The zero-order valence-electron chi connectivity index (χ0n) is 13.2. The van der Waals surface area contributed by atoms with Gasteiger partial charge in [0, 0.05) is 30.2 Å². The molecule has 0 saturated heterocycles. The van der Waals surface area contributed by atoms with Crippen molar-refractivity contribution in [2.45, 2.75) is 38.0 Å². The second kappa shape index (κ2) is 7.66. The molecule has 0 bridgehead atoms. The minimum atomic E-state index is 0.370. The molecule has 21 heavy (non-hydrogen) atoms. The van der Waals surface area contributed by atoms with Crippen LogP contribution in [-0.2, 0) is 6.54 Å². The Hall–Kier alpha value is -1.26. The van der Waals surface area contributed by atoms with Crippen molar-refractivity contribution in [1.82, 2.24) is 15.1 Å². The van der Waals surface area contributed by atoms with Crippen LogP contribution in [0.2, 0.25) is 0 Å². The van der Waals surface area contributed by atoms with E-state index >= 15 is 0 Å². The molecule has 0 unspecified atom stereocenters. The minimum absolute atomic E-state index is 0.370. The van der Waals surface area contributed by atoms with Gasteiger partial charge >= 0.3 is 0 Å². The average molecular weight is 303 g/mol. The summed E-state index contributed by atoms with van der Waals surface area (Å²) in [5.74, 6) is 0. The van der Waals surface area contributed by atoms with Crippen molar-refractivity contribution in [3.8, 4) is 5.69 Å². The third kappa shape index (κ3) is 4.11. The van der Waals surface area contributed by atoms with Crippen LogP contribution in [0, 0.1) is 0 Å². The van der Waals surface area contributed by atoms with E-state index in [0.29, 0.717) is 4.75 Å². The number of rotatable bonds is 8. The molecule has 114 valence electrons. The zero-order valence-corrected chi connectivity index (χ0v) is 14.0. The van der Waals surface area contributed by atoms with E-state index in [1.165, 1.54) is 18.4 Å². The fourth-order valence-corrected chi connectivity index (χ4v) is 3.31. The highest BCUT2D eigenvalue weighted by atomic mass is 32.2. The highest BCUT2D eigenvalue weighted by Crippen LogP contribution is 2.29. The molecule has 1 aromatic carbocycles. The summed E-state index contributed by atoms with van der Waals surface area (Å²) in [6.45, 7) is 6.53. The lowest BCUT2D eigenvalue weighted by Gasteiger charge is -2.30. The smallest absolute Gasteiger partial charge is 0.0645 e. The maximum Gasteiger partial charge on any atom is 0.0645 e. The van der Waals surface area contributed by atoms with Crippen LogP contribution in [0.15, 0.2) is 42.7 Å². The van der Waals surface area contributed by atoms with Crippen LogP contribution >= 0.6 is 11.8 Å². The van der Waals surface area contributed by atoms with Crippen LogP contribution in [0.3, 0.4) is 0 Å². The Bertz CT molecular complexity index is 507. The summed E-state index contributed by atoms with van der Waals surface area (Å²) in [4.78, 5) is 0. The van der Waals surface area contributed by atoms with E-state index < -0.39 is 0 Å². The number of hydrogen-bond donors (Lipinski definition) is 1. The molecule has 1 aromatic heterocycles. The first kappa shape index (κ1) is 16.1. The van der Waals surface area contributed by atoms with Gasteiger partial charge in [0.1, 0.15) is 0 Å². The zero-order chi connectivity index (χ0) is 15.1. The molecular formula is C17H25N3S. The molecule has 0 radical (unpaired) electrons. The predicted molar refractivity (Wildman–Crippen MR) is 92.1 cm³/mol. The third-order valence-corrected chi connectivity index (χ3v) is 5.79.